The van der Waals surface area contributed by atoms with Crippen molar-refractivity contribution in [2.24, 2.45) is 5.92 Å². The second-order valence-electron chi connectivity index (χ2n) is 7.43. The van der Waals surface area contributed by atoms with Crippen LogP contribution >= 0.6 is 11.6 Å². The Morgan fingerprint density at radius 3 is 2.61 bits per heavy atom. The number of esters is 1. The van der Waals surface area contributed by atoms with Gasteiger partial charge in [0.1, 0.15) is 0 Å². The van der Waals surface area contributed by atoms with Crippen LogP contribution in [0.25, 0.3) is 6.08 Å². The highest BCUT2D eigenvalue weighted by atomic mass is 35.5. The van der Waals surface area contributed by atoms with Crippen LogP contribution in [0.15, 0.2) is 30.3 Å². The number of imide groups is 1. The fourth-order valence-corrected chi connectivity index (χ4v) is 2.93. The highest BCUT2D eigenvalue weighted by Crippen LogP contribution is 2.20. The van der Waals surface area contributed by atoms with Crippen molar-refractivity contribution in [1.82, 2.24) is 20.4 Å². The van der Waals surface area contributed by atoms with Gasteiger partial charge in [0.25, 0.3) is 5.91 Å². The summed E-state index contributed by atoms with van der Waals surface area (Å²) in [5, 5.41) is 9.81. The van der Waals surface area contributed by atoms with Crippen molar-refractivity contribution in [2.45, 2.75) is 34.2 Å². The first kappa shape index (κ1) is 24.1. The lowest BCUT2D eigenvalue weighted by Crippen LogP contribution is -2.42. The molecule has 2 aromatic rings. The van der Waals surface area contributed by atoms with Crippen LogP contribution in [0.5, 0.6) is 0 Å². The van der Waals surface area contributed by atoms with Crippen LogP contribution in [0.4, 0.5) is 4.79 Å². The quantitative estimate of drug-likeness (QED) is 0.478. The van der Waals surface area contributed by atoms with Gasteiger partial charge in [0.15, 0.2) is 6.61 Å². The Labute approximate surface area is 186 Å². The summed E-state index contributed by atoms with van der Waals surface area (Å²) in [6.07, 6.45) is 2.82. The summed E-state index contributed by atoms with van der Waals surface area (Å²) in [5.41, 5.74) is 3.32. The van der Waals surface area contributed by atoms with Crippen molar-refractivity contribution < 1.29 is 19.1 Å². The van der Waals surface area contributed by atoms with Gasteiger partial charge in [-0.1, -0.05) is 43.6 Å². The fourth-order valence-electron chi connectivity index (χ4n) is 2.73. The number of ether oxygens (including phenoxy) is 1. The van der Waals surface area contributed by atoms with Crippen molar-refractivity contribution in [3.63, 3.8) is 0 Å². The lowest BCUT2D eigenvalue weighted by molar-refractivity contribution is -0.143. The van der Waals surface area contributed by atoms with Crippen molar-refractivity contribution in [3.8, 4) is 0 Å². The second kappa shape index (κ2) is 11.3. The molecule has 0 spiro atoms. The third kappa shape index (κ3) is 7.57. The summed E-state index contributed by atoms with van der Waals surface area (Å²) >= 11 is 6.22. The average Bonchev–Trinajstić information content (AvgIpc) is 2.97. The van der Waals surface area contributed by atoms with Crippen LogP contribution in [0, 0.1) is 19.8 Å². The van der Waals surface area contributed by atoms with Gasteiger partial charge in [-0.05, 0) is 37.5 Å². The van der Waals surface area contributed by atoms with Gasteiger partial charge in [-0.3, -0.25) is 14.8 Å². The van der Waals surface area contributed by atoms with Crippen LogP contribution in [0.3, 0.4) is 0 Å². The van der Waals surface area contributed by atoms with E-state index in [1.54, 1.807) is 6.08 Å². The minimum atomic E-state index is -0.706. The number of amides is 3. The summed E-state index contributed by atoms with van der Waals surface area (Å²) in [6, 6.07) is 6.91. The number of aromatic nitrogens is 2. The molecule has 8 nitrogen and oxygen atoms in total. The smallest absolute Gasteiger partial charge is 0.331 e. The number of hydrogen-bond donors (Lipinski definition) is 2. The first-order chi connectivity index (χ1) is 14.7. The fraction of sp³-hybridized carbons (Fsp3) is 0.364. The molecule has 1 aromatic carbocycles. The van der Waals surface area contributed by atoms with E-state index in [4.69, 9.17) is 16.3 Å². The highest BCUT2D eigenvalue weighted by Gasteiger charge is 2.13. The van der Waals surface area contributed by atoms with Crippen molar-refractivity contribution >= 4 is 35.6 Å². The Hall–Kier alpha value is -3.13. The topological polar surface area (TPSA) is 102 Å². The summed E-state index contributed by atoms with van der Waals surface area (Å²) < 4.78 is 6.70. The second-order valence-corrected chi connectivity index (χ2v) is 7.83. The van der Waals surface area contributed by atoms with E-state index >= 15 is 0 Å². The molecule has 1 aromatic heterocycles. The molecule has 31 heavy (non-hydrogen) atoms. The zero-order valence-corrected chi connectivity index (χ0v) is 18.8. The minimum Gasteiger partial charge on any atom is -0.452 e. The lowest BCUT2D eigenvalue weighted by Gasteiger charge is -2.08. The van der Waals surface area contributed by atoms with Crippen LogP contribution < -0.4 is 10.6 Å². The molecule has 0 bridgehead atoms. The molecule has 0 atom stereocenters. The lowest BCUT2D eigenvalue weighted by atomic mass is 10.1. The van der Waals surface area contributed by atoms with E-state index in [0.29, 0.717) is 18.1 Å². The number of nitrogens with zero attached hydrogens (tertiary/aromatic N) is 2. The number of carbonyl (C=O) groups is 3. The summed E-state index contributed by atoms with van der Waals surface area (Å²) in [4.78, 5) is 35.2. The molecular formula is C22H27ClN4O4. The summed E-state index contributed by atoms with van der Waals surface area (Å²) in [6.45, 7) is 7.98. The zero-order valence-electron chi connectivity index (χ0n) is 18.1. The standard InChI is InChI=1S/C22H27ClN4O4/c1-14(2)11-24-22(30)25-20(28)13-31-21(29)10-9-18-15(3)26-27(16(18)4)12-17-7-5-6-8-19(17)23/h5-10,14H,11-13H2,1-4H3,(H2,24,25,28,30)/b10-9+. The van der Waals surface area contributed by atoms with Crippen molar-refractivity contribution in [3.05, 3.63) is 57.9 Å². The van der Waals surface area contributed by atoms with E-state index in [9.17, 15) is 14.4 Å². The number of urea groups is 1. The Morgan fingerprint density at radius 2 is 1.94 bits per heavy atom. The normalized spacial score (nSPS) is 11.0. The molecule has 0 saturated carbocycles. The minimum absolute atomic E-state index is 0.254. The SMILES string of the molecule is Cc1nn(Cc2ccccc2Cl)c(C)c1/C=C/C(=O)OCC(=O)NC(=O)NCC(C)C. The van der Waals surface area contributed by atoms with Crippen LogP contribution in [0.2, 0.25) is 5.02 Å². The van der Waals surface area contributed by atoms with E-state index < -0.39 is 24.5 Å². The number of rotatable bonds is 8. The molecule has 0 aliphatic rings. The number of halogens is 1. The maximum atomic E-state index is 12.0. The Morgan fingerprint density at radius 1 is 1.23 bits per heavy atom. The number of aryl methyl sites for hydroxylation is 1. The maximum Gasteiger partial charge on any atom is 0.331 e. The molecule has 166 valence electrons. The van der Waals surface area contributed by atoms with Gasteiger partial charge >= 0.3 is 12.0 Å². The predicted octanol–water partition coefficient (Wildman–Crippen LogP) is 3.24. The average molecular weight is 447 g/mol. The van der Waals surface area contributed by atoms with E-state index in [2.05, 4.69) is 15.7 Å². The first-order valence-electron chi connectivity index (χ1n) is 9.87. The number of hydrogen-bond acceptors (Lipinski definition) is 5. The maximum absolute atomic E-state index is 12.0. The van der Waals surface area contributed by atoms with Crippen LogP contribution in [0.1, 0.15) is 36.4 Å². The number of nitrogens with one attached hydrogen (secondary N) is 2. The molecule has 0 fully saturated rings. The summed E-state index contributed by atoms with van der Waals surface area (Å²) in [7, 11) is 0. The third-order valence-corrected chi connectivity index (χ3v) is 4.74. The molecule has 0 aliphatic carbocycles. The van der Waals surface area contributed by atoms with Gasteiger partial charge in [0.05, 0.1) is 12.2 Å². The molecule has 1 heterocycles. The Balaban J connectivity index is 1.91. The van der Waals surface area contributed by atoms with E-state index in [-0.39, 0.29) is 5.92 Å². The Kier molecular flexibility index (Phi) is 8.81. The Bertz CT molecular complexity index is 982. The molecular weight excluding hydrogens is 420 g/mol. The third-order valence-electron chi connectivity index (χ3n) is 4.37. The predicted molar refractivity (Wildman–Crippen MR) is 119 cm³/mol. The monoisotopic (exact) mass is 446 g/mol. The molecule has 0 saturated heterocycles. The van der Waals surface area contributed by atoms with Gasteiger partial charge in [-0.2, -0.15) is 5.10 Å². The first-order valence-corrected chi connectivity index (χ1v) is 10.2. The molecule has 3 amide bonds. The van der Waals surface area contributed by atoms with Gasteiger partial charge in [-0.15, -0.1) is 0 Å². The molecule has 0 aliphatic heterocycles. The van der Waals surface area contributed by atoms with Gasteiger partial charge in [-0.25, -0.2) is 9.59 Å². The molecule has 0 unspecified atom stereocenters. The number of benzene rings is 1. The van der Waals surface area contributed by atoms with Crippen LogP contribution in [-0.4, -0.2) is 40.8 Å². The van der Waals surface area contributed by atoms with E-state index in [1.165, 1.54) is 6.08 Å². The van der Waals surface area contributed by atoms with Crippen molar-refractivity contribution in [2.75, 3.05) is 13.2 Å². The molecule has 0 radical (unpaired) electrons. The van der Waals surface area contributed by atoms with Gasteiger partial charge < -0.3 is 10.1 Å². The highest BCUT2D eigenvalue weighted by molar-refractivity contribution is 6.31. The van der Waals surface area contributed by atoms with E-state index in [1.807, 2.05) is 56.6 Å². The van der Waals surface area contributed by atoms with Gasteiger partial charge in [0.2, 0.25) is 0 Å². The van der Waals surface area contributed by atoms with E-state index in [0.717, 1.165) is 22.5 Å². The molecule has 9 heteroatoms. The zero-order chi connectivity index (χ0) is 23.0. The largest absolute Gasteiger partial charge is 0.452 e. The van der Waals surface area contributed by atoms with Crippen molar-refractivity contribution in [1.29, 1.82) is 0 Å². The summed E-state index contributed by atoms with van der Waals surface area (Å²) in [5.74, 6) is -1.15. The number of carbonyl (C=O) groups excluding carboxylic acids is 3. The van der Waals surface area contributed by atoms with Crippen LogP contribution in [-0.2, 0) is 20.9 Å². The molecule has 2 N–H and O–H groups in total. The molecule has 2 rings (SSSR count). The van der Waals surface area contributed by atoms with Gasteiger partial charge in [0, 0.05) is 28.9 Å².